The van der Waals surface area contributed by atoms with E-state index in [1.807, 2.05) is 24.3 Å². The molecule has 3 nitrogen and oxygen atoms in total. The first-order valence-electron chi connectivity index (χ1n) is 7.83. The molecule has 3 heteroatoms. The number of nitrogens with zero attached hydrogens (tertiary/aromatic N) is 1. The van der Waals surface area contributed by atoms with Crippen molar-refractivity contribution in [2.75, 3.05) is 5.73 Å². The molecule has 3 rings (SSSR count). The van der Waals surface area contributed by atoms with Gasteiger partial charge in [-0.3, -0.25) is 4.79 Å². The van der Waals surface area contributed by atoms with Gasteiger partial charge in [-0.05, 0) is 68.7 Å². The minimum absolute atomic E-state index is 0.201. The lowest BCUT2D eigenvalue weighted by atomic mass is 9.86. The number of benzene rings is 1. The molecular weight excluding hydrogens is 248 g/mol. The number of carbonyl (C=O) groups excluding carboxylic acids is 1. The lowest BCUT2D eigenvalue weighted by molar-refractivity contribution is 0.0593. The highest BCUT2D eigenvalue weighted by Crippen LogP contribution is 2.36. The molecular formula is C17H24N2O. The minimum atomic E-state index is 0.201. The van der Waals surface area contributed by atoms with E-state index in [9.17, 15) is 4.79 Å². The monoisotopic (exact) mass is 272 g/mol. The predicted molar refractivity (Wildman–Crippen MR) is 81.5 cm³/mol. The number of anilines is 1. The number of nitrogen functional groups attached to an aromatic ring is 1. The highest BCUT2D eigenvalue weighted by molar-refractivity contribution is 5.95. The minimum Gasteiger partial charge on any atom is -0.399 e. The summed E-state index contributed by atoms with van der Waals surface area (Å²) in [5.41, 5.74) is 7.20. The highest BCUT2D eigenvalue weighted by Gasteiger charge is 2.38. The molecule has 20 heavy (non-hydrogen) atoms. The Morgan fingerprint density at radius 1 is 1.00 bits per heavy atom. The summed E-state index contributed by atoms with van der Waals surface area (Å²) in [7, 11) is 0. The Balaban J connectivity index is 1.76. The van der Waals surface area contributed by atoms with Crippen LogP contribution in [0.3, 0.4) is 0 Å². The molecule has 2 fully saturated rings. The van der Waals surface area contributed by atoms with Crippen LogP contribution in [0.4, 0.5) is 5.69 Å². The Labute approximate surface area is 121 Å². The van der Waals surface area contributed by atoms with Gasteiger partial charge in [0.15, 0.2) is 0 Å². The van der Waals surface area contributed by atoms with Gasteiger partial charge in [-0.1, -0.05) is 6.92 Å². The summed E-state index contributed by atoms with van der Waals surface area (Å²) < 4.78 is 0. The Kier molecular flexibility index (Phi) is 3.68. The smallest absolute Gasteiger partial charge is 0.254 e. The number of carbonyl (C=O) groups is 1. The van der Waals surface area contributed by atoms with Gasteiger partial charge in [0.05, 0.1) is 0 Å². The zero-order valence-corrected chi connectivity index (χ0v) is 12.2. The van der Waals surface area contributed by atoms with E-state index in [1.54, 1.807) is 0 Å². The van der Waals surface area contributed by atoms with Crippen molar-refractivity contribution in [3.8, 4) is 0 Å². The molecule has 0 heterocycles. The molecule has 0 saturated heterocycles. The second-order valence-electron chi connectivity index (χ2n) is 6.48. The van der Waals surface area contributed by atoms with Crippen LogP contribution in [0.15, 0.2) is 24.3 Å². The summed E-state index contributed by atoms with van der Waals surface area (Å²) in [5, 5.41) is 0. The first-order valence-corrected chi connectivity index (χ1v) is 7.83. The van der Waals surface area contributed by atoms with Gasteiger partial charge in [0, 0.05) is 23.3 Å². The molecule has 1 aromatic rings. The fourth-order valence-corrected chi connectivity index (χ4v) is 3.28. The van der Waals surface area contributed by atoms with Crippen molar-refractivity contribution in [1.29, 1.82) is 0 Å². The van der Waals surface area contributed by atoms with E-state index in [0.717, 1.165) is 11.5 Å². The van der Waals surface area contributed by atoms with E-state index in [2.05, 4.69) is 11.8 Å². The van der Waals surface area contributed by atoms with E-state index < -0.39 is 0 Å². The molecule has 1 aromatic carbocycles. The van der Waals surface area contributed by atoms with Crippen molar-refractivity contribution in [3.63, 3.8) is 0 Å². The first-order chi connectivity index (χ1) is 9.65. The maximum absolute atomic E-state index is 12.8. The van der Waals surface area contributed by atoms with Crippen molar-refractivity contribution in [1.82, 2.24) is 4.90 Å². The topological polar surface area (TPSA) is 46.3 Å². The van der Waals surface area contributed by atoms with Gasteiger partial charge in [-0.15, -0.1) is 0 Å². The Bertz CT molecular complexity index is 470. The Morgan fingerprint density at radius 3 is 2.00 bits per heavy atom. The number of nitrogens with two attached hydrogens (primary N) is 1. The van der Waals surface area contributed by atoms with Crippen molar-refractivity contribution in [2.45, 2.75) is 57.5 Å². The Morgan fingerprint density at radius 2 is 1.50 bits per heavy atom. The normalized spacial score (nSPS) is 26.2. The zero-order valence-electron chi connectivity index (χ0n) is 12.2. The average Bonchev–Trinajstić information content (AvgIpc) is 3.26. The molecule has 2 aliphatic carbocycles. The molecule has 2 saturated carbocycles. The van der Waals surface area contributed by atoms with Crippen LogP contribution in [-0.4, -0.2) is 22.9 Å². The van der Waals surface area contributed by atoms with Crippen molar-refractivity contribution >= 4 is 11.6 Å². The SMILES string of the molecule is CC1CCC(N(C(=O)c2ccc(N)cc2)C2CC2)CC1. The van der Waals surface area contributed by atoms with E-state index >= 15 is 0 Å². The fraction of sp³-hybridized carbons (Fsp3) is 0.588. The number of hydrogen-bond donors (Lipinski definition) is 1. The van der Waals surface area contributed by atoms with Gasteiger partial charge >= 0.3 is 0 Å². The van der Waals surface area contributed by atoms with E-state index in [1.165, 1.54) is 38.5 Å². The average molecular weight is 272 g/mol. The number of rotatable bonds is 3. The lowest BCUT2D eigenvalue weighted by Gasteiger charge is -2.36. The van der Waals surface area contributed by atoms with E-state index in [4.69, 9.17) is 5.73 Å². The van der Waals surface area contributed by atoms with Crippen LogP contribution in [0.25, 0.3) is 0 Å². The second kappa shape index (κ2) is 5.47. The summed E-state index contributed by atoms with van der Waals surface area (Å²) in [4.78, 5) is 15.0. The number of amides is 1. The van der Waals surface area contributed by atoms with Gasteiger partial charge in [0.1, 0.15) is 0 Å². The fourth-order valence-electron chi connectivity index (χ4n) is 3.28. The van der Waals surface area contributed by atoms with Crippen LogP contribution in [0.5, 0.6) is 0 Å². The van der Waals surface area contributed by atoms with Crippen LogP contribution in [0.1, 0.15) is 55.8 Å². The van der Waals surface area contributed by atoms with Gasteiger partial charge in [-0.25, -0.2) is 0 Å². The zero-order chi connectivity index (χ0) is 14.1. The summed E-state index contributed by atoms with van der Waals surface area (Å²) in [5.74, 6) is 1.02. The summed E-state index contributed by atoms with van der Waals surface area (Å²) >= 11 is 0. The van der Waals surface area contributed by atoms with Gasteiger partial charge < -0.3 is 10.6 Å². The molecule has 0 aliphatic heterocycles. The molecule has 2 aliphatic rings. The quantitative estimate of drug-likeness (QED) is 0.857. The number of hydrogen-bond acceptors (Lipinski definition) is 2. The van der Waals surface area contributed by atoms with E-state index in [-0.39, 0.29) is 5.91 Å². The van der Waals surface area contributed by atoms with Crippen LogP contribution in [0, 0.1) is 5.92 Å². The molecule has 2 N–H and O–H groups in total. The lowest BCUT2D eigenvalue weighted by Crippen LogP contribution is -2.43. The van der Waals surface area contributed by atoms with Crippen LogP contribution >= 0.6 is 0 Å². The van der Waals surface area contributed by atoms with Crippen LogP contribution in [0.2, 0.25) is 0 Å². The largest absolute Gasteiger partial charge is 0.399 e. The molecule has 0 radical (unpaired) electrons. The van der Waals surface area contributed by atoms with Gasteiger partial charge in [-0.2, -0.15) is 0 Å². The summed E-state index contributed by atoms with van der Waals surface area (Å²) in [6, 6.07) is 8.29. The maximum Gasteiger partial charge on any atom is 0.254 e. The Hall–Kier alpha value is -1.51. The molecule has 0 unspecified atom stereocenters. The van der Waals surface area contributed by atoms with Crippen molar-refractivity contribution < 1.29 is 4.79 Å². The predicted octanol–water partition coefficient (Wildman–Crippen LogP) is 3.45. The van der Waals surface area contributed by atoms with Crippen molar-refractivity contribution in [2.24, 2.45) is 5.92 Å². The molecule has 108 valence electrons. The molecule has 1 amide bonds. The molecule has 0 atom stereocenters. The molecule has 0 aromatic heterocycles. The van der Waals surface area contributed by atoms with Crippen molar-refractivity contribution in [3.05, 3.63) is 29.8 Å². The third kappa shape index (κ3) is 2.82. The summed E-state index contributed by atoms with van der Waals surface area (Å²) in [6.07, 6.45) is 7.18. The molecule has 0 spiro atoms. The van der Waals surface area contributed by atoms with Crippen LogP contribution < -0.4 is 5.73 Å². The highest BCUT2D eigenvalue weighted by atomic mass is 16.2. The van der Waals surface area contributed by atoms with Gasteiger partial charge in [0.25, 0.3) is 5.91 Å². The second-order valence-corrected chi connectivity index (χ2v) is 6.48. The summed E-state index contributed by atoms with van der Waals surface area (Å²) in [6.45, 7) is 2.32. The van der Waals surface area contributed by atoms with Gasteiger partial charge in [0.2, 0.25) is 0 Å². The van der Waals surface area contributed by atoms with Crippen LogP contribution in [-0.2, 0) is 0 Å². The first kappa shape index (κ1) is 13.5. The standard InChI is InChI=1S/C17H24N2O/c1-12-2-8-15(9-3-12)19(16-10-11-16)17(20)13-4-6-14(18)7-5-13/h4-7,12,15-16H,2-3,8-11,18H2,1H3. The molecule has 0 bridgehead atoms. The third-order valence-electron chi connectivity index (χ3n) is 4.71. The maximum atomic E-state index is 12.8. The third-order valence-corrected chi connectivity index (χ3v) is 4.71. The van der Waals surface area contributed by atoms with E-state index in [0.29, 0.717) is 17.8 Å².